The Labute approximate surface area is 92.1 Å². The van der Waals surface area contributed by atoms with Gasteiger partial charge in [0.25, 0.3) is 16.0 Å². The molecule has 1 aromatic heterocycles. The molecule has 0 saturated heterocycles. The summed E-state index contributed by atoms with van der Waals surface area (Å²) in [6.07, 6.45) is 0. The van der Waals surface area contributed by atoms with E-state index in [1.165, 1.54) is 16.9 Å². The molecule has 0 atom stereocenters. The van der Waals surface area contributed by atoms with Crippen molar-refractivity contribution < 1.29 is 8.42 Å². The third-order valence-electron chi connectivity index (χ3n) is 1.79. The van der Waals surface area contributed by atoms with Gasteiger partial charge < -0.3 is 0 Å². The predicted molar refractivity (Wildman–Crippen MR) is 56.0 cm³/mol. The third kappa shape index (κ3) is 2.16. The van der Waals surface area contributed by atoms with E-state index in [0.29, 0.717) is 0 Å². The summed E-state index contributed by atoms with van der Waals surface area (Å²) in [4.78, 5) is 1.32. The molecule has 2 aromatic rings. The van der Waals surface area contributed by atoms with Gasteiger partial charge in [-0.15, -0.1) is 5.10 Å². The van der Waals surface area contributed by atoms with Crippen LogP contribution in [0.25, 0.3) is 0 Å². The molecule has 84 valence electrons. The number of hydrogen-bond acceptors (Lipinski definition) is 5. The van der Waals surface area contributed by atoms with Gasteiger partial charge in [0.05, 0.1) is 11.9 Å². The maximum atomic E-state index is 11.8. The number of tetrazole rings is 1. The SMILES string of the molecule is Cn1nnc(NS(=O)(=O)c2ccccc2)n1. The molecule has 0 fully saturated rings. The number of nitrogens with one attached hydrogen (secondary N) is 1. The molecule has 0 unspecified atom stereocenters. The number of benzene rings is 1. The fraction of sp³-hybridized carbons (Fsp3) is 0.125. The number of nitrogens with zero attached hydrogens (tertiary/aromatic N) is 4. The molecular formula is C8H9N5O2S. The van der Waals surface area contributed by atoms with Gasteiger partial charge >= 0.3 is 0 Å². The van der Waals surface area contributed by atoms with E-state index in [1.54, 1.807) is 25.2 Å². The third-order valence-corrected chi connectivity index (χ3v) is 3.13. The van der Waals surface area contributed by atoms with E-state index in [2.05, 4.69) is 20.1 Å². The lowest BCUT2D eigenvalue weighted by atomic mass is 10.4. The first-order chi connectivity index (χ1) is 7.58. The first kappa shape index (κ1) is 10.6. The Kier molecular flexibility index (Phi) is 2.57. The van der Waals surface area contributed by atoms with Gasteiger partial charge in [0.15, 0.2) is 0 Å². The maximum Gasteiger partial charge on any atom is 0.277 e. The van der Waals surface area contributed by atoms with Gasteiger partial charge in [0.2, 0.25) is 0 Å². The van der Waals surface area contributed by atoms with Gasteiger partial charge in [0.1, 0.15) is 0 Å². The van der Waals surface area contributed by atoms with E-state index >= 15 is 0 Å². The summed E-state index contributed by atoms with van der Waals surface area (Å²) >= 11 is 0. The van der Waals surface area contributed by atoms with Crippen molar-refractivity contribution in [1.29, 1.82) is 0 Å². The summed E-state index contributed by atoms with van der Waals surface area (Å²) in [6.45, 7) is 0. The zero-order chi connectivity index (χ0) is 11.6. The molecule has 8 heteroatoms. The average Bonchev–Trinajstić information content (AvgIpc) is 2.64. The number of aromatic nitrogens is 4. The first-order valence-electron chi connectivity index (χ1n) is 4.40. The molecule has 0 spiro atoms. The van der Waals surface area contributed by atoms with Gasteiger partial charge in [-0.1, -0.05) is 23.3 Å². The lowest BCUT2D eigenvalue weighted by Crippen LogP contribution is -2.14. The highest BCUT2D eigenvalue weighted by atomic mass is 32.2. The molecule has 1 aromatic carbocycles. The van der Waals surface area contributed by atoms with Crippen molar-refractivity contribution in [3.8, 4) is 0 Å². The van der Waals surface area contributed by atoms with E-state index in [9.17, 15) is 8.42 Å². The van der Waals surface area contributed by atoms with Crippen molar-refractivity contribution in [1.82, 2.24) is 20.2 Å². The standard InChI is InChI=1S/C8H9N5O2S/c1-13-10-8(9-12-13)11-16(14,15)7-5-3-2-4-6-7/h2-6H,1H3,(H,10,11). The summed E-state index contributed by atoms with van der Waals surface area (Å²) in [5.74, 6) is -0.0497. The van der Waals surface area contributed by atoms with Crippen LogP contribution in [-0.2, 0) is 17.1 Å². The number of rotatable bonds is 3. The topological polar surface area (TPSA) is 89.8 Å². The van der Waals surface area contributed by atoms with Crippen LogP contribution in [0.4, 0.5) is 5.95 Å². The molecule has 2 rings (SSSR count). The molecule has 0 amide bonds. The normalized spacial score (nSPS) is 11.3. The largest absolute Gasteiger partial charge is 0.277 e. The summed E-state index contributed by atoms with van der Waals surface area (Å²) < 4.78 is 25.8. The van der Waals surface area contributed by atoms with Crippen LogP contribution in [0.5, 0.6) is 0 Å². The number of sulfonamides is 1. The van der Waals surface area contributed by atoms with Crippen LogP contribution < -0.4 is 4.72 Å². The Morgan fingerprint density at radius 1 is 1.25 bits per heavy atom. The molecule has 1 N–H and O–H groups in total. The minimum absolute atomic E-state index is 0.0497. The summed E-state index contributed by atoms with van der Waals surface area (Å²) in [6, 6.07) is 7.98. The fourth-order valence-electron chi connectivity index (χ4n) is 1.10. The maximum absolute atomic E-state index is 11.8. The van der Waals surface area contributed by atoms with Crippen molar-refractivity contribution in [2.75, 3.05) is 4.72 Å². The second kappa shape index (κ2) is 3.89. The molecule has 1 heterocycles. The molecule has 0 aliphatic heterocycles. The molecule has 16 heavy (non-hydrogen) atoms. The Morgan fingerprint density at radius 2 is 1.94 bits per heavy atom. The highest BCUT2D eigenvalue weighted by Crippen LogP contribution is 2.10. The number of anilines is 1. The van der Waals surface area contributed by atoms with E-state index < -0.39 is 10.0 Å². The Morgan fingerprint density at radius 3 is 2.50 bits per heavy atom. The van der Waals surface area contributed by atoms with Crippen molar-refractivity contribution in [3.63, 3.8) is 0 Å². The summed E-state index contributed by atoms with van der Waals surface area (Å²) in [5.41, 5.74) is 0. The molecule has 0 bridgehead atoms. The minimum Gasteiger partial charge on any atom is -0.245 e. The molecule has 0 aliphatic carbocycles. The quantitative estimate of drug-likeness (QED) is 0.815. The highest BCUT2D eigenvalue weighted by molar-refractivity contribution is 7.92. The van der Waals surface area contributed by atoms with Gasteiger partial charge in [-0.2, -0.15) is 4.80 Å². The van der Waals surface area contributed by atoms with Gasteiger partial charge in [-0.05, 0) is 17.3 Å². The van der Waals surface area contributed by atoms with Crippen LogP contribution in [0.15, 0.2) is 35.2 Å². The smallest absolute Gasteiger partial charge is 0.245 e. The van der Waals surface area contributed by atoms with Gasteiger partial charge in [-0.25, -0.2) is 13.1 Å². The highest BCUT2D eigenvalue weighted by Gasteiger charge is 2.15. The minimum atomic E-state index is -3.63. The van der Waals surface area contributed by atoms with Crippen LogP contribution in [-0.4, -0.2) is 28.6 Å². The average molecular weight is 239 g/mol. The van der Waals surface area contributed by atoms with Gasteiger partial charge in [0, 0.05) is 0 Å². The Bertz CT molecular complexity index is 577. The lowest BCUT2D eigenvalue weighted by Gasteiger charge is -2.02. The van der Waals surface area contributed by atoms with E-state index in [1.807, 2.05) is 0 Å². The van der Waals surface area contributed by atoms with Crippen LogP contribution in [0.1, 0.15) is 0 Å². The number of aryl methyl sites for hydroxylation is 1. The predicted octanol–water partition coefficient (Wildman–Crippen LogP) is 0.0109. The molecule has 0 saturated carbocycles. The monoisotopic (exact) mass is 239 g/mol. The Balaban J connectivity index is 2.28. The first-order valence-corrected chi connectivity index (χ1v) is 5.88. The van der Waals surface area contributed by atoms with Crippen molar-refractivity contribution in [2.45, 2.75) is 4.90 Å². The lowest BCUT2D eigenvalue weighted by molar-refractivity contribution is 0.600. The zero-order valence-electron chi connectivity index (χ0n) is 8.40. The second-order valence-corrected chi connectivity index (χ2v) is 4.70. The summed E-state index contributed by atoms with van der Waals surface area (Å²) in [7, 11) is -2.08. The fourth-order valence-corrected chi connectivity index (χ4v) is 2.06. The van der Waals surface area contributed by atoms with Crippen LogP contribution in [0, 0.1) is 0 Å². The Hall–Kier alpha value is -1.96. The van der Waals surface area contributed by atoms with Crippen molar-refractivity contribution >= 4 is 16.0 Å². The molecule has 0 aliphatic rings. The molecule has 7 nitrogen and oxygen atoms in total. The van der Waals surface area contributed by atoms with Gasteiger partial charge in [-0.3, -0.25) is 0 Å². The van der Waals surface area contributed by atoms with Crippen LogP contribution in [0.3, 0.4) is 0 Å². The second-order valence-electron chi connectivity index (χ2n) is 3.02. The summed E-state index contributed by atoms with van der Waals surface area (Å²) in [5, 5.41) is 10.8. The van der Waals surface area contributed by atoms with Crippen LogP contribution >= 0.6 is 0 Å². The zero-order valence-corrected chi connectivity index (χ0v) is 9.22. The van der Waals surface area contributed by atoms with E-state index in [0.717, 1.165) is 0 Å². The molecule has 0 radical (unpaired) electrons. The van der Waals surface area contributed by atoms with E-state index in [-0.39, 0.29) is 10.8 Å². The van der Waals surface area contributed by atoms with Crippen LogP contribution in [0.2, 0.25) is 0 Å². The van der Waals surface area contributed by atoms with Crippen molar-refractivity contribution in [2.24, 2.45) is 7.05 Å². The number of hydrogen-bond donors (Lipinski definition) is 1. The van der Waals surface area contributed by atoms with E-state index in [4.69, 9.17) is 0 Å². The van der Waals surface area contributed by atoms with Crippen molar-refractivity contribution in [3.05, 3.63) is 30.3 Å². The molecular weight excluding hydrogens is 230 g/mol.